The SMILES string of the molecule is COCC[C@]12CC[C@@](C)(O)C[C@H]1CC[C@H]1[C@@H]3CC[C@H](C(=O)Cn4nccn4)[C@@]3(C)CC[C@@H]12. The minimum atomic E-state index is -0.511. The molecule has 8 atom stereocenters. The molecule has 32 heavy (non-hydrogen) atoms. The van der Waals surface area contributed by atoms with E-state index in [9.17, 15) is 9.90 Å². The van der Waals surface area contributed by atoms with Crippen LogP contribution in [-0.2, 0) is 16.1 Å². The Morgan fingerprint density at radius 1 is 1.06 bits per heavy atom. The number of carbonyl (C=O) groups is 1. The molecule has 0 unspecified atom stereocenters. The Morgan fingerprint density at radius 3 is 2.59 bits per heavy atom. The molecule has 4 aliphatic carbocycles. The number of hydrogen-bond donors (Lipinski definition) is 1. The fourth-order valence-electron chi connectivity index (χ4n) is 9.13. The van der Waals surface area contributed by atoms with Crippen LogP contribution in [0.3, 0.4) is 0 Å². The highest BCUT2D eigenvalue weighted by Crippen LogP contribution is 2.69. The fraction of sp³-hybridized carbons (Fsp3) is 0.885. The largest absolute Gasteiger partial charge is 0.390 e. The van der Waals surface area contributed by atoms with Gasteiger partial charge in [0.15, 0.2) is 5.78 Å². The number of carbonyl (C=O) groups excluding carboxylic acids is 1. The summed E-state index contributed by atoms with van der Waals surface area (Å²) in [6, 6.07) is 0. The molecule has 4 aliphatic rings. The lowest BCUT2D eigenvalue weighted by molar-refractivity contribution is -0.163. The van der Waals surface area contributed by atoms with Crippen LogP contribution >= 0.6 is 0 Å². The molecule has 6 heteroatoms. The Labute approximate surface area is 192 Å². The summed E-state index contributed by atoms with van der Waals surface area (Å²) in [6.45, 7) is 5.59. The maximum absolute atomic E-state index is 13.3. The highest BCUT2D eigenvalue weighted by Gasteiger charge is 2.62. The second kappa shape index (κ2) is 8.19. The minimum Gasteiger partial charge on any atom is -0.390 e. The van der Waals surface area contributed by atoms with Gasteiger partial charge in [-0.15, -0.1) is 0 Å². The van der Waals surface area contributed by atoms with Gasteiger partial charge in [0.05, 0.1) is 18.0 Å². The van der Waals surface area contributed by atoms with E-state index in [2.05, 4.69) is 17.1 Å². The van der Waals surface area contributed by atoms with Gasteiger partial charge in [0, 0.05) is 19.6 Å². The topological polar surface area (TPSA) is 77.2 Å². The number of fused-ring (bicyclic) bond motifs is 5. The predicted octanol–water partition coefficient (Wildman–Crippen LogP) is 4.27. The molecule has 0 amide bonds. The molecule has 6 nitrogen and oxygen atoms in total. The summed E-state index contributed by atoms with van der Waals surface area (Å²) >= 11 is 0. The molecule has 4 fully saturated rings. The van der Waals surface area contributed by atoms with E-state index in [1.165, 1.54) is 25.7 Å². The summed E-state index contributed by atoms with van der Waals surface area (Å²) in [6.07, 6.45) is 14.5. The van der Waals surface area contributed by atoms with Crippen LogP contribution in [0.25, 0.3) is 0 Å². The van der Waals surface area contributed by atoms with Gasteiger partial charge in [-0.1, -0.05) is 6.92 Å². The van der Waals surface area contributed by atoms with Crippen molar-refractivity contribution in [3.63, 3.8) is 0 Å². The molecule has 0 aromatic carbocycles. The Hall–Kier alpha value is -1.27. The maximum atomic E-state index is 13.3. The molecule has 1 aromatic heterocycles. The van der Waals surface area contributed by atoms with Crippen molar-refractivity contribution in [2.24, 2.45) is 40.4 Å². The van der Waals surface area contributed by atoms with Crippen molar-refractivity contribution in [1.82, 2.24) is 15.0 Å². The maximum Gasteiger partial charge on any atom is 0.159 e. The van der Waals surface area contributed by atoms with Crippen LogP contribution in [-0.4, -0.2) is 45.2 Å². The molecule has 4 saturated carbocycles. The number of ketones is 1. The van der Waals surface area contributed by atoms with Crippen molar-refractivity contribution in [3.05, 3.63) is 12.4 Å². The van der Waals surface area contributed by atoms with Crippen molar-refractivity contribution in [1.29, 1.82) is 0 Å². The second-order valence-electron chi connectivity index (χ2n) is 12.0. The van der Waals surface area contributed by atoms with Gasteiger partial charge in [-0.2, -0.15) is 15.0 Å². The van der Waals surface area contributed by atoms with Gasteiger partial charge in [-0.3, -0.25) is 4.79 Å². The second-order valence-corrected chi connectivity index (χ2v) is 12.0. The van der Waals surface area contributed by atoms with Crippen molar-refractivity contribution in [3.8, 4) is 0 Å². The average molecular weight is 444 g/mol. The zero-order valence-electron chi connectivity index (χ0n) is 20.1. The van der Waals surface area contributed by atoms with Crippen LogP contribution < -0.4 is 0 Å². The van der Waals surface area contributed by atoms with Gasteiger partial charge in [0.1, 0.15) is 6.54 Å². The van der Waals surface area contributed by atoms with E-state index in [1.54, 1.807) is 17.2 Å². The van der Waals surface area contributed by atoms with Crippen molar-refractivity contribution in [2.75, 3.05) is 13.7 Å². The molecule has 0 saturated heterocycles. The lowest BCUT2D eigenvalue weighted by Gasteiger charge is -2.63. The number of nitrogens with zero attached hydrogens (tertiary/aromatic N) is 3. The summed E-state index contributed by atoms with van der Waals surface area (Å²) in [4.78, 5) is 14.8. The summed E-state index contributed by atoms with van der Waals surface area (Å²) in [5.74, 6) is 3.14. The van der Waals surface area contributed by atoms with Gasteiger partial charge in [0.25, 0.3) is 0 Å². The lowest BCUT2D eigenvalue weighted by atomic mass is 9.42. The van der Waals surface area contributed by atoms with Gasteiger partial charge in [-0.05, 0) is 106 Å². The van der Waals surface area contributed by atoms with Crippen LogP contribution in [0.5, 0.6) is 0 Å². The molecule has 1 heterocycles. The fourth-order valence-corrected chi connectivity index (χ4v) is 9.13. The standard InChI is InChI=1S/C26H41N3O3/c1-24(31)10-11-26(12-15-32-3)18(16-24)4-5-19-20-6-7-22(25(20,2)9-8-21(19)26)23(30)17-29-27-13-14-28-29/h13-14,18-22,31H,4-12,15-17H2,1-3H3/t18-,19+,20+,21+,22-,24-,25+,26-/m1/s1. The number of Topliss-reactive ketones (excluding diaryl/α,β-unsaturated/α-hetero) is 1. The molecule has 0 aliphatic heterocycles. The number of hydrogen-bond acceptors (Lipinski definition) is 5. The van der Waals surface area contributed by atoms with E-state index in [4.69, 9.17) is 4.74 Å². The van der Waals surface area contributed by atoms with Crippen LogP contribution in [0.1, 0.15) is 78.1 Å². The summed E-state index contributed by atoms with van der Waals surface area (Å²) in [5.41, 5.74) is -0.0902. The quantitative estimate of drug-likeness (QED) is 0.710. The van der Waals surface area contributed by atoms with Crippen LogP contribution in [0.2, 0.25) is 0 Å². The first kappa shape index (κ1) is 22.5. The van der Waals surface area contributed by atoms with Gasteiger partial charge >= 0.3 is 0 Å². The first-order valence-corrected chi connectivity index (χ1v) is 12.9. The van der Waals surface area contributed by atoms with E-state index >= 15 is 0 Å². The van der Waals surface area contributed by atoms with Gasteiger partial charge in [0.2, 0.25) is 0 Å². The summed E-state index contributed by atoms with van der Waals surface area (Å²) in [5, 5.41) is 19.2. The molecular formula is C26H41N3O3. The molecule has 0 radical (unpaired) electrons. The van der Waals surface area contributed by atoms with Gasteiger partial charge < -0.3 is 9.84 Å². The molecule has 178 valence electrons. The highest BCUT2D eigenvalue weighted by molar-refractivity contribution is 5.82. The van der Waals surface area contributed by atoms with Crippen molar-refractivity contribution >= 4 is 5.78 Å². The first-order chi connectivity index (χ1) is 15.3. The monoisotopic (exact) mass is 443 g/mol. The molecule has 1 N–H and O–H groups in total. The van der Waals surface area contributed by atoms with E-state index < -0.39 is 5.60 Å². The molecule has 0 bridgehead atoms. The third-order valence-corrected chi connectivity index (χ3v) is 10.6. The third kappa shape index (κ3) is 3.56. The van der Waals surface area contributed by atoms with E-state index in [0.29, 0.717) is 41.4 Å². The highest BCUT2D eigenvalue weighted by atomic mass is 16.5. The molecule has 1 aromatic rings. The Kier molecular flexibility index (Phi) is 5.77. The number of methoxy groups -OCH3 is 1. The van der Waals surface area contributed by atoms with Crippen LogP contribution in [0.15, 0.2) is 12.4 Å². The first-order valence-electron chi connectivity index (χ1n) is 12.9. The summed E-state index contributed by atoms with van der Waals surface area (Å²) < 4.78 is 5.60. The van der Waals surface area contributed by atoms with Gasteiger partial charge in [-0.25, -0.2) is 0 Å². The van der Waals surface area contributed by atoms with Crippen molar-refractivity contribution in [2.45, 2.75) is 90.2 Å². The Balaban J connectivity index is 1.38. The van der Waals surface area contributed by atoms with E-state index in [-0.39, 0.29) is 11.3 Å². The zero-order chi connectivity index (χ0) is 22.6. The lowest BCUT2D eigenvalue weighted by Crippen LogP contribution is -2.57. The molecular weight excluding hydrogens is 402 g/mol. The smallest absolute Gasteiger partial charge is 0.159 e. The average Bonchev–Trinajstić information content (AvgIpc) is 3.38. The zero-order valence-corrected chi connectivity index (χ0v) is 20.1. The van der Waals surface area contributed by atoms with E-state index in [0.717, 1.165) is 45.1 Å². The molecule has 5 rings (SSSR count). The Morgan fingerprint density at radius 2 is 1.84 bits per heavy atom. The number of ether oxygens (including phenoxy) is 1. The number of aliphatic hydroxyl groups is 1. The van der Waals surface area contributed by atoms with Crippen LogP contribution in [0, 0.1) is 40.4 Å². The predicted molar refractivity (Wildman–Crippen MR) is 122 cm³/mol. The Bertz CT molecular complexity index is 824. The normalized spacial score (nSPS) is 45.7. The minimum absolute atomic E-state index is 0.112. The number of rotatable bonds is 6. The molecule has 0 spiro atoms. The number of aromatic nitrogens is 3. The summed E-state index contributed by atoms with van der Waals surface area (Å²) in [7, 11) is 1.82. The van der Waals surface area contributed by atoms with Crippen molar-refractivity contribution < 1.29 is 14.6 Å². The third-order valence-electron chi connectivity index (χ3n) is 10.6. The van der Waals surface area contributed by atoms with Crippen LogP contribution in [0.4, 0.5) is 0 Å². The van der Waals surface area contributed by atoms with E-state index in [1.807, 2.05) is 14.0 Å².